The number of amides is 1. The normalized spacial score (nSPS) is 14.6. The standard InChI is InChI=1S/C20H23N5O3/c1-14-15(2)28-19-18(14)20(27)25(13-22-19)8-6-17(26)24-11-9-23(10-12-24)16-5-3-4-7-21-16/h3-5,7,13H,6,8-12H2,1-2H3. The number of hydrogen-bond donors (Lipinski definition) is 0. The summed E-state index contributed by atoms with van der Waals surface area (Å²) in [5, 5.41) is 0.497. The van der Waals surface area contributed by atoms with Gasteiger partial charge in [-0.2, -0.15) is 0 Å². The highest BCUT2D eigenvalue weighted by Crippen LogP contribution is 2.19. The molecule has 1 aliphatic rings. The number of nitrogens with zero attached hydrogens (tertiary/aromatic N) is 5. The van der Waals surface area contributed by atoms with Crippen molar-refractivity contribution in [1.82, 2.24) is 19.4 Å². The van der Waals surface area contributed by atoms with E-state index in [-0.39, 0.29) is 17.9 Å². The van der Waals surface area contributed by atoms with Gasteiger partial charge in [0, 0.05) is 50.9 Å². The largest absolute Gasteiger partial charge is 0.443 e. The van der Waals surface area contributed by atoms with Crippen molar-refractivity contribution in [3.05, 3.63) is 52.4 Å². The van der Waals surface area contributed by atoms with Crippen LogP contribution >= 0.6 is 0 Å². The number of aromatic nitrogens is 3. The van der Waals surface area contributed by atoms with Crippen LogP contribution in [0, 0.1) is 13.8 Å². The van der Waals surface area contributed by atoms with Crippen molar-refractivity contribution in [3.63, 3.8) is 0 Å². The van der Waals surface area contributed by atoms with E-state index in [1.54, 1.807) is 6.20 Å². The Bertz CT molecular complexity index is 1050. The number of hydrogen-bond acceptors (Lipinski definition) is 6. The first kappa shape index (κ1) is 18.2. The van der Waals surface area contributed by atoms with Crippen LogP contribution in [0.2, 0.25) is 0 Å². The maximum absolute atomic E-state index is 12.7. The number of carbonyl (C=O) groups excluding carboxylic acids is 1. The van der Waals surface area contributed by atoms with Gasteiger partial charge >= 0.3 is 0 Å². The zero-order valence-corrected chi connectivity index (χ0v) is 16.1. The van der Waals surface area contributed by atoms with E-state index in [1.807, 2.05) is 36.9 Å². The Morgan fingerprint density at radius 1 is 1.14 bits per heavy atom. The molecular formula is C20H23N5O3. The summed E-state index contributed by atoms with van der Waals surface area (Å²) in [5.74, 6) is 1.68. The number of rotatable bonds is 4. The van der Waals surface area contributed by atoms with Crippen molar-refractivity contribution >= 4 is 22.8 Å². The molecule has 0 spiro atoms. The molecule has 4 heterocycles. The van der Waals surface area contributed by atoms with Crippen LogP contribution in [0.5, 0.6) is 0 Å². The zero-order chi connectivity index (χ0) is 19.7. The topological polar surface area (TPSA) is 84.5 Å². The lowest BCUT2D eigenvalue weighted by molar-refractivity contribution is -0.131. The van der Waals surface area contributed by atoms with Crippen LogP contribution in [-0.4, -0.2) is 51.5 Å². The Morgan fingerprint density at radius 3 is 2.64 bits per heavy atom. The third kappa shape index (κ3) is 3.37. The second-order valence-electron chi connectivity index (χ2n) is 7.01. The molecule has 28 heavy (non-hydrogen) atoms. The second kappa shape index (κ2) is 7.46. The second-order valence-corrected chi connectivity index (χ2v) is 7.01. The molecular weight excluding hydrogens is 358 g/mol. The number of fused-ring (bicyclic) bond motifs is 1. The van der Waals surface area contributed by atoms with E-state index < -0.39 is 0 Å². The van der Waals surface area contributed by atoms with Crippen LogP contribution < -0.4 is 10.5 Å². The Hall–Kier alpha value is -3.16. The highest BCUT2D eigenvalue weighted by molar-refractivity contribution is 5.78. The molecule has 3 aromatic heterocycles. The summed E-state index contributed by atoms with van der Waals surface area (Å²) in [6.45, 7) is 6.79. The van der Waals surface area contributed by atoms with Crippen molar-refractivity contribution in [2.75, 3.05) is 31.1 Å². The Balaban J connectivity index is 1.38. The van der Waals surface area contributed by atoms with E-state index >= 15 is 0 Å². The number of pyridine rings is 1. The van der Waals surface area contributed by atoms with Gasteiger partial charge in [-0.15, -0.1) is 0 Å². The monoisotopic (exact) mass is 381 g/mol. The molecule has 1 fully saturated rings. The van der Waals surface area contributed by atoms with Gasteiger partial charge in [-0.3, -0.25) is 14.2 Å². The molecule has 0 N–H and O–H groups in total. The van der Waals surface area contributed by atoms with E-state index in [0.29, 0.717) is 36.5 Å². The first-order valence-corrected chi connectivity index (χ1v) is 9.43. The minimum absolute atomic E-state index is 0.0489. The van der Waals surface area contributed by atoms with E-state index in [4.69, 9.17) is 4.42 Å². The smallest absolute Gasteiger partial charge is 0.264 e. The summed E-state index contributed by atoms with van der Waals surface area (Å²) in [6.07, 6.45) is 3.50. The Kier molecular flexibility index (Phi) is 4.85. The quantitative estimate of drug-likeness (QED) is 0.684. The maximum atomic E-state index is 12.7. The van der Waals surface area contributed by atoms with E-state index in [2.05, 4.69) is 14.9 Å². The molecule has 0 aliphatic carbocycles. The SMILES string of the molecule is Cc1oc2ncn(CCC(=O)N3CCN(c4ccccn4)CC3)c(=O)c2c1C. The first-order chi connectivity index (χ1) is 13.5. The fraction of sp³-hybridized carbons (Fsp3) is 0.400. The Morgan fingerprint density at radius 2 is 1.93 bits per heavy atom. The van der Waals surface area contributed by atoms with Crippen LogP contribution in [0.15, 0.2) is 39.9 Å². The molecule has 1 amide bonds. The van der Waals surface area contributed by atoms with E-state index in [9.17, 15) is 9.59 Å². The molecule has 4 rings (SSSR count). The summed E-state index contributed by atoms with van der Waals surface area (Å²) in [4.78, 5) is 37.9. The summed E-state index contributed by atoms with van der Waals surface area (Å²) >= 11 is 0. The van der Waals surface area contributed by atoms with Gasteiger partial charge in [-0.05, 0) is 26.0 Å². The van der Waals surface area contributed by atoms with E-state index in [0.717, 1.165) is 24.5 Å². The van der Waals surface area contributed by atoms with Crippen molar-refractivity contribution in [3.8, 4) is 0 Å². The number of piperazine rings is 1. The minimum Gasteiger partial charge on any atom is -0.443 e. The average Bonchev–Trinajstić information content (AvgIpc) is 3.02. The van der Waals surface area contributed by atoms with Crippen LogP contribution in [0.1, 0.15) is 17.7 Å². The van der Waals surface area contributed by atoms with Crippen LogP contribution in [0.4, 0.5) is 5.82 Å². The molecule has 0 saturated carbocycles. The van der Waals surface area contributed by atoms with Gasteiger partial charge in [-0.25, -0.2) is 9.97 Å². The molecule has 1 saturated heterocycles. The number of furan rings is 1. The highest BCUT2D eigenvalue weighted by Gasteiger charge is 2.22. The summed E-state index contributed by atoms with van der Waals surface area (Å²) in [6, 6.07) is 5.84. The highest BCUT2D eigenvalue weighted by atomic mass is 16.3. The lowest BCUT2D eigenvalue weighted by Crippen LogP contribution is -2.49. The van der Waals surface area contributed by atoms with Crippen LogP contribution in [-0.2, 0) is 11.3 Å². The zero-order valence-electron chi connectivity index (χ0n) is 16.1. The fourth-order valence-electron chi connectivity index (χ4n) is 3.53. The molecule has 1 aliphatic heterocycles. The predicted octanol–water partition coefficient (Wildman–Crippen LogP) is 1.74. The van der Waals surface area contributed by atoms with Crippen molar-refractivity contribution in [2.24, 2.45) is 0 Å². The molecule has 8 heteroatoms. The van der Waals surface area contributed by atoms with Crippen LogP contribution in [0.25, 0.3) is 11.1 Å². The van der Waals surface area contributed by atoms with Crippen LogP contribution in [0.3, 0.4) is 0 Å². The van der Waals surface area contributed by atoms with E-state index in [1.165, 1.54) is 10.9 Å². The molecule has 8 nitrogen and oxygen atoms in total. The minimum atomic E-state index is -0.160. The number of carbonyl (C=O) groups is 1. The van der Waals surface area contributed by atoms with Crippen molar-refractivity contribution in [2.45, 2.75) is 26.8 Å². The summed E-state index contributed by atoms with van der Waals surface area (Å²) in [5.41, 5.74) is 0.999. The van der Waals surface area contributed by atoms with Gasteiger partial charge in [0.05, 0.1) is 0 Å². The molecule has 0 atom stereocenters. The third-order valence-electron chi connectivity index (χ3n) is 5.33. The lowest BCUT2D eigenvalue weighted by atomic mass is 10.2. The van der Waals surface area contributed by atoms with Crippen molar-refractivity contribution in [1.29, 1.82) is 0 Å². The van der Waals surface area contributed by atoms with Crippen molar-refractivity contribution < 1.29 is 9.21 Å². The summed E-state index contributed by atoms with van der Waals surface area (Å²) < 4.78 is 6.98. The van der Waals surface area contributed by atoms with Gasteiger partial charge in [0.2, 0.25) is 11.6 Å². The molecule has 0 unspecified atom stereocenters. The van der Waals surface area contributed by atoms with Gasteiger partial charge in [0.1, 0.15) is 23.3 Å². The maximum Gasteiger partial charge on any atom is 0.264 e. The molecule has 0 aromatic carbocycles. The van der Waals surface area contributed by atoms with Gasteiger partial charge < -0.3 is 14.2 Å². The number of anilines is 1. The predicted molar refractivity (Wildman–Crippen MR) is 105 cm³/mol. The third-order valence-corrected chi connectivity index (χ3v) is 5.33. The van der Waals surface area contributed by atoms with Gasteiger partial charge in [0.25, 0.3) is 5.56 Å². The molecule has 0 bridgehead atoms. The Labute approximate surface area is 162 Å². The van der Waals surface area contributed by atoms with Gasteiger partial charge in [-0.1, -0.05) is 6.07 Å². The molecule has 146 valence electrons. The first-order valence-electron chi connectivity index (χ1n) is 9.43. The molecule has 0 radical (unpaired) electrons. The lowest BCUT2D eigenvalue weighted by Gasteiger charge is -2.35. The summed E-state index contributed by atoms with van der Waals surface area (Å²) in [7, 11) is 0. The van der Waals surface area contributed by atoms with Gasteiger partial charge in [0.15, 0.2) is 0 Å². The number of aryl methyl sites for hydroxylation is 3. The average molecular weight is 381 g/mol. The molecule has 3 aromatic rings. The fourth-order valence-corrected chi connectivity index (χ4v) is 3.53.